The summed E-state index contributed by atoms with van der Waals surface area (Å²) in [6.07, 6.45) is 5.17. The largest absolute Gasteiger partial charge is 0.481 e. The van der Waals surface area contributed by atoms with Crippen molar-refractivity contribution in [3.05, 3.63) is 0 Å². The summed E-state index contributed by atoms with van der Waals surface area (Å²) in [7, 11) is 0. The molecule has 0 spiro atoms. The molecule has 2 rings (SSSR count). The van der Waals surface area contributed by atoms with Gasteiger partial charge in [0.25, 0.3) is 0 Å². The van der Waals surface area contributed by atoms with E-state index in [-0.39, 0.29) is 0 Å². The molecule has 3 heteroatoms. The van der Waals surface area contributed by atoms with Crippen molar-refractivity contribution in [3.8, 4) is 0 Å². The number of hydrogen-bond acceptors (Lipinski definition) is 2. The predicted molar refractivity (Wildman–Crippen MR) is 63.4 cm³/mol. The third-order valence-electron chi connectivity index (χ3n) is 4.77. The number of nitrogens with zero attached hydrogens (tertiary/aromatic N) is 1. The first-order chi connectivity index (χ1) is 7.59. The van der Waals surface area contributed by atoms with Gasteiger partial charge in [-0.25, -0.2) is 0 Å². The molecular formula is C13H23NO2. The lowest BCUT2D eigenvalue weighted by Gasteiger charge is -2.41. The third-order valence-corrected chi connectivity index (χ3v) is 4.77. The normalized spacial score (nSPS) is 27.6. The molecule has 1 saturated carbocycles. The monoisotopic (exact) mass is 225 g/mol. The van der Waals surface area contributed by atoms with E-state index in [1.807, 2.05) is 6.92 Å². The zero-order chi connectivity index (χ0) is 11.8. The van der Waals surface area contributed by atoms with Crippen molar-refractivity contribution in [3.63, 3.8) is 0 Å². The third kappa shape index (κ3) is 2.10. The molecule has 0 bridgehead atoms. The van der Waals surface area contributed by atoms with Gasteiger partial charge in [0.1, 0.15) is 0 Å². The molecule has 0 aromatic carbocycles. The van der Waals surface area contributed by atoms with Gasteiger partial charge in [0, 0.05) is 6.04 Å². The average molecular weight is 225 g/mol. The first-order valence-corrected chi connectivity index (χ1v) is 6.56. The van der Waals surface area contributed by atoms with Crippen molar-refractivity contribution < 1.29 is 9.90 Å². The summed E-state index contributed by atoms with van der Waals surface area (Å²) in [5.74, 6) is 0.299. The quantitative estimate of drug-likeness (QED) is 0.798. The van der Waals surface area contributed by atoms with Gasteiger partial charge < -0.3 is 10.0 Å². The maximum Gasteiger partial charge on any atom is 0.309 e. The van der Waals surface area contributed by atoms with Crippen LogP contribution in [0.1, 0.15) is 46.0 Å². The van der Waals surface area contributed by atoms with Gasteiger partial charge in [-0.3, -0.25) is 4.79 Å². The average Bonchev–Trinajstić information content (AvgIpc) is 3.12. The van der Waals surface area contributed by atoms with Crippen LogP contribution in [0.3, 0.4) is 0 Å². The van der Waals surface area contributed by atoms with Crippen LogP contribution in [-0.2, 0) is 4.79 Å². The molecule has 1 N–H and O–H groups in total. The van der Waals surface area contributed by atoms with Crippen LogP contribution >= 0.6 is 0 Å². The zero-order valence-corrected chi connectivity index (χ0v) is 10.4. The van der Waals surface area contributed by atoms with Gasteiger partial charge in [0.2, 0.25) is 0 Å². The highest BCUT2D eigenvalue weighted by Crippen LogP contribution is 2.40. The SMILES string of the molecule is CCC1(C(=O)O)CCN(C(C)C2CC2)CC1. The molecule has 1 heterocycles. The van der Waals surface area contributed by atoms with Crippen LogP contribution in [0, 0.1) is 11.3 Å². The summed E-state index contributed by atoms with van der Waals surface area (Å²) in [6.45, 7) is 6.25. The van der Waals surface area contributed by atoms with E-state index >= 15 is 0 Å². The lowest BCUT2D eigenvalue weighted by molar-refractivity contribution is -0.152. The molecule has 16 heavy (non-hydrogen) atoms. The number of rotatable bonds is 4. The molecule has 1 unspecified atom stereocenters. The van der Waals surface area contributed by atoms with Crippen LogP contribution in [0.5, 0.6) is 0 Å². The summed E-state index contributed by atoms with van der Waals surface area (Å²) in [4.78, 5) is 13.8. The van der Waals surface area contributed by atoms with E-state index in [4.69, 9.17) is 0 Å². The van der Waals surface area contributed by atoms with Crippen molar-refractivity contribution in [2.45, 2.75) is 52.0 Å². The van der Waals surface area contributed by atoms with Crippen molar-refractivity contribution in [2.24, 2.45) is 11.3 Å². The Balaban J connectivity index is 1.92. The van der Waals surface area contributed by atoms with Crippen LogP contribution in [0.15, 0.2) is 0 Å². The fraction of sp³-hybridized carbons (Fsp3) is 0.923. The Morgan fingerprint density at radius 1 is 1.44 bits per heavy atom. The van der Waals surface area contributed by atoms with Crippen LogP contribution < -0.4 is 0 Å². The van der Waals surface area contributed by atoms with E-state index < -0.39 is 11.4 Å². The summed E-state index contributed by atoms with van der Waals surface area (Å²) in [6, 6.07) is 0.670. The molecule has 1 aliphatic heterocycles. The van der Waals surface area contributed by atoms with Gasteiger partial charge in [-0.05, 0) is 58.0 Å². The Labute approximate surface area is 97.8 Å². The molecule has 0 aromatic rings. The van der Waals surface area contributed by atoms with Crippen molar-refractivity contribution in [2.75, 3.05) is 13.1 Å². The molecular weight excluding hydrogens is 202 g/mol. The minimum atomic E-state index is -0.589. The number of likely N-dealkylation sites (tertiary alicyclic amines) is 1. The van der Waals surface area contributed by atoms with E-state index in [1.165, 1.54) is 12.8 Å². The highest BCUT2D eigenvalue weighted by Gasteiger charge is 2.42. The second-order valence-electron chi connectivity index (χ2n) is 5.55. The van der Waals surface area contributed by atoms with Gasteiger partial charge >= 0.3 is 5.97 Å². The highest BCUT2D eigenvalue weighted by atomic mass is 16.4. The molecule has 2 aliphatic rings. The second-order valence-corrected chi connectivity index (χ2v) is 5.55. The van der Waals surface area contributed by atoms with E-state index in [0.29, 0.717) is 6.04 Å². The number of aliphatic carboxylic acids is 1. The Morgan fingerprint density at radius 3 is 2.38 bits per heavy atom. The maximum atomic E-state index is 11.3. The summed E-state index contributed by atoms with van der Waals surface area (Å²) in [5.41, 5.74) is -0.431. The Kier molecular flexibility index (Phi) is 3.24. The van der Waals surface area contributed by atoms with E-state index in [9.17, 15) is 9.90 Å². The Hall–Kier alpha value is -0.570. The first kappa shape index (κ1) is 11.9. The first-order valence-electron chi connectivity index (χ1n) is 6.56. The van der Waals surface area contributed by atoms with Gasteiger partial charge in [-0.1, -0.05) is 6.92 Å². The molecule has 0 aromatic heterocycles. The fourth-order valence-electron chi connectivity index (χ4n) is 2.95. The lowest BCUT2D eigenvalue weighted by Crippen LogP contribution is -2.47. The number of hydrogen-bond donors (Lipinski definition) is 1. The number of carboxylic acids is 1. The van der Waals surface area contributed by atoms with Crippen molar-refractivity contribution in [1.29, 1.82) is 0 Å². The minimum Gasteiger partial charge on any atom is -0.481 e. The van der Waals surface area contributed by atoms with E-state index in [0.717, 1.165) is 38.3 Å². The second kappa shape index (κ2) is 4.36. The molecule has 1 atom stereocenters. The summed E-state index contributed by atoms with van der Waals surface area (Å²) in [5, 5.41) is 9.32. The Morgan fingerprint density at radius 2 is 2.00 bits per heavy atom. The number of piperidine rings is 1. The summed E-state index contributed by atoms with van der Waals surface area (Å²) < 4.78 is 0. The van der Waals surface area contributed by atoms with Crippen LogP contribution in [-0.4, -0.2) is 35.1 Å². The van der Waals surface area contributed by atoms with Gasteiger partial charge in [0.15, 0.2) is 0 Å². The molecule has 1 aliphatic carbocycles. The maximum absolute atomic E-state index is 11.3. The lowest BCUT2D eigenvalue weighted by atomic mass is 9.76. The molecule has 0 amide bonds. The van der Waals surface area contributed by atoms with Crippen LogP contribution in [0.4, 0.5) is 0 Å². The smallest absolute Gasteiger partial charge is 0.309 e. The minimum absolute atomic E-state index is 0.431. The molecule has 0 radical (unpaired) electrons. The van der Waals surface area contributed by atoms with Crippen molar-refractivity contribution in [1.82, 2.24) is 4.90 Å². The molecule has 2 fully saturated rings. The van der Waals surface area contributed by atoms with Gasteiger partial charge in [-0.2, -0.15) is 0 Å². The van der Waals surface area contributed by atoms with E-state index in [1.54, 1.807) is 0 Å². The van der Waals surface area contributed by atoms with Crippen LogP contribution in [0.2, 0.25) is 0 Å². The fourth-order valence-corrected chi connectivity index (χ4v) is 2.95. The number of carboxylic acid groups (broad SMARTS) is 1. The van der Waals surface area contributed by atoms with Crippen LogP contribution in [0.25, 0.3) is 0 Å². The van der Waals surface area contributed by atoms with Gasteiger partial charge in [0.05, 0.1) is 5.41 Å². The zero-order valence-electron chi connectivity index (χ0n) is 10.4. The molecule has 92 valence electrons. The molecule has 3 nitrogen and oxygen atoms in total. The van der Waals surface area contributed by atoms with Crippen molar-refractivity contribution >= 4 is 5.97 Å². The standard InChI is InChI=1S/C13H23NO2/c1-3-13(12(15)16)6-8-14(9-7-13)10(2)11-4-5-11/h10-11H,3-9H2,1-2H3,(H,15,16). The highest BCUT2D eigenvalue weighted by molar-refractivity contribution is 5.74. The van der Waals surface area contributed by atoms with Gasteiger partial charge in [-0.15, -0.1) is 0 Å². The Bertz CT molecular complexity index is 265. The topological polar surface area (TPSA) is 40.5 Å². The van der Waals surface area contributed by atoms with E-state index in [2.05, 4.69) is 11.8 Å². The number of carbonyl (C=O) groups is 1. The molecule has 1 saturated heterocycles. The predicted octanol–water partition coefficient (Wildman–Crippen LogP) is 2.36. The summed E-state index contributed by atoms with van der Waals surface area (Å²) >= 11 is 0.